The van der Waals surface area contributed by atoms with E-state index in [0.717, 1.165) is 6.42 Å². The Morgan fingerprint density at radius 3 is 2.45 bits per heavy atom. The standard InChI is InChI=1S/C14H19ClN2O3/c1-4-12(8(2)3)17-14(20)16-9-5-6-10(13(18)19)11(15)7-9/h5-8,12H,4H2,1-3H3,(H,18,19)(H2,16,17,20). The normalized spacial score (nSPS) is 12.1. The third kappa shape index (κ3) is 4.42. The van der Waals surface area contributed by atoms with Gasteiger partial charge in [-0.25, -0.2) is 9.59 Å². The Labute approximate surface area is 123 Å². The summed E-state index contributed by atoms with van der Waals surface area (Å²) in [6, 6.07) is 4.04. The van der Waals surface area contributed by atoms with Crippen LogP contribution in [0.4, 0.5) is 10.5 Å². The third-order valence-corrected chi connectivity index (χ3v) is 3.33. The summed E-state index contributed by atoms with van der Waals surface area (Å²) in [6.45, 7) is 6.07. The molecule has 0 spiro atoms. The molecular formula is C14H19ClN2O3. The molecule has 0 radical (unpaired) electrons. The summed E-state index contributed by atoms with van der Waals surface area (Å²) >= 11 is 5.84. The maximum absolute atomic E-state index is 11.8. The zero-order valence-corrected chi connectivity index (χ0v) is 12.5. The number of carbonyl (C=O) groups excluding carboxylic acids is 1. The Hall–Kier alpha value is -1.75. The van der Waals surface area contributed by atoms with Crippen molar-refractivity contribution in [1.82, 2.24) is 5.32 Å². The highest BCUT2D eigenvalue weighted by Crippen LogP contribution is 2.21. The van der Waals surface area contributed by atoms with Crippen LogP contribution in [0.1, 0.15) is 37.6 Å². The average molecular weight is 299 g/mol. The molecule has 0 bridgehead atoms. The lowest BCUT2D eigenvalue weighted by atomic mass is 10.0. The lowest BCUT2D eigenvalue weighted by Crippen LogP contribution is -2.40. The van der Waals surface area contributed by atoms with Crippen LogP contribution >= 0.6 is 11.6 Å². The molecule has 0 aliphatic carbocycles. The zero-order valence-electron chi connectivity index (χ0n) is 11.7. The molecule has 5 nitrogen and oxygen atoms in total. The molecular weight excluding hydrogens is 280 g/mol. The fourth-order valence-corrected chi connectivity index (χ4v) is 2.10. The summed E-state index contributed by atoms with van der Waals surface area (Å²) in [7, 11) is 0. The third-order valence-electron chi connectivity index (χ3n) is 3.02. The van der Waals surface area contributed by atoms with E-state index in [9.17, 15) is 9.59 Å². The van der Waals surface area contributed by atoms with Crippen molar-refractivity contribution >= 4 is 29.3 Å². The number of nitrogens with one attached hydrogen (secondary N) is 2. The van der Waals surface area contributed by atoms with Gasteiger partial charge in [0.1, 0.15) is 0 Å². The van der Waals surface area contributed by atoms with Crippen LogP contribution in [0.15, 0.2) is 18.2 Å². The van der Waals surface area contributed by atoms with E-state index in [-0.39, 0.29) is 22.7 Å². The van der Waals surface area contributed by atoms with Gasteiger partial charge in [0.15, 0.2) is 0 Å². The molecule has 110 valence electrons. The van der Waals surface area contributed by atoms with Gasteiger partial charge in [0.05, 0.1) is 10.6 Å². The molecule has 0 aliphatic heterocycles. The second-order valence-corrected chi connectivity index (χ2v) is 5.26. The molecule has 0 aromatic heterocycles. The lowest BCUT2D eigenvalue weighted by molar-refractivity contribution is 0.0697. The smallest absolute Gasteiger partial charge is 0.337 e. The number of anilines is 1. The maximum Gasteiger partial charge on any atom is 0.337 e. The number of amides is 2. The zero-order chi connectivity index (χ0) is 15.3. The fraction of sp³-hybridized carbons (Fsp3) is 0.429. The van der Waals surface area contributed by atoms with Crippen molar-refractivity contribution in [2.75, 3.05) is 5.32 Å². The molecule has 0 saturated carbocycles. The molecule has 0 heterocycles. The number of carbonyl (C=O) groups is 2. The summed E-state index contributed by atoms with van der Waals surface area (Å²) in [5, 5.41) is 14.5. The molecule has 0 fully saturated rings. The van der Waals surface area contributed by atoms with Gasteiger partial charge >= 0.3 is 12.0 Å². The highest BCUT2D eigenvalue weighted by Gasteiger charge is 2.15. The van der Waals surface area contributed by atoms with Gasteiger partial charge in [-0.2, -0.15) is 0 Å². The first-order valence-corrected chi connectivity index (χ1v) is 6.83. The van der Waals surface area contributed by atoms with E-state index in [1.165, 1.54) is 18.2 Å². The van der Waals surface area contributed by atoms with Crippen LogP contribution in [0.3, 0.4) is 0 Å². The largest absolute Gasteiger partial charge is 0.478 e. The number of carboxylic acid groups (broad SMARTS) is 1. The van der Waals surface area contributed by atoms with E-state index in [1.54, 1.807) is 0 Å². The molecule has 1 unspecified atom stereocenters. The summed E-state index contributed by atoms with van der Waals surface area (Å²) in [5.74, 6) is -0.763. The van der Waals surface area contributed by atoms with Crippen LogP contribution in [-0.4, -0.2) is 23.1 Å². The molecule has 1 aromatic carbocycles. The van der Waals surface area contributed by atoms with Gasteiger partial charge in [0.25, 0.3) is 0 Å². The minimum Gasteiger partial charge on any atom is -0.478 e. The van der Waals surface area contributed by atoms with Gasteiger partial charge in [-0.3, -0.25) is 0 Å². The van der Waals surface area contributed by atoms with Crippen LogP contribution < -0.4 is 10.6 Å². The Bertz CT molecular complexity index is 503. The van der Waals surface area contributed by atoms with E-state index in [1.807, 2.05) is 20.8 Å². The number of aromatic carboxylic acids is 1. The highest BCUT2D eigenvalue weighted by atomic mass is 35.5. The van der Waals surface area contributed by atoms with E-state index in [4.69, 9.17) is 16.7 Å². The fourth-order valence-electron chi connectivity index (χ4n) is 1.84. The number of hydrogen-bond donors (Lipinski definition) is 3. The lowest BCUT2D eigenvalue weighted by Gasteiger charge is -2.21. The van der Waals surface area contributed by atoms with Crippen LogP contribution in [0.2, 0.25) is 5.02 Å². The Morgan fingerprint density at radius 2 is 2.00 bits per heavy atom. The predicted octanol–water partition coefficient (Wildman–Crippen LogP) is 3.59. The van der Waals surface area contributed by atoms with E-state index < -0.39 is 5.97 Å². The number of rotatable bonds is 5. The second kappa shape index (κ2) is 7.14. The number of carboxylic acids is 1. The minimum absolute atomic E-state index is 0.00578. The van der Waals surface area contributed by atoms with Crippen LogP contribution in [0.5, 0.6) is 0 Å². The van der Waals surface area contributed by atoms with Crippen molar-refractivity contribution in [1.29, 1.82) is 0 Å². The molecule has 6 heteroatoms. The topological polar surface area (TPSA) is 78.4 Å². The van der Waals surface area contributed by atoms with Crippen LogP contribution in [0, 0.1) is 5.92 Å². The summed E-state index contributed by atoms with van der Waals surface area (Å²) in [6.07, 6.45) is 0.837. The van der Waals surface area contributed by atoms with Gasteiger partial charge in [0.2, 0.25) is 0 Å². The molecule has 3 N–H and O–H groups in total. The van der Waals surface area contributed by atoms with E-state index in [2.05, 4.69) is 10.6 Å². The number of urea groups is 1. The molecule has 0 saturated heterocycles. The molecule has 20 heavy (non-hydrogen) atoms. The summed E-state index contributed by atoms with van der Waals surface area (Å²) in [5.41, 5.74) is 0.461. The summed E-state index contributed by atoms with van der Waals surface area (Å²) < 4.78 is 0. The Kier molecular flexibility index (Phi) is 5.82. The van der Waals surface area contributed by atoms with Gasteiger partial charge in [-0.15, -0.1) is 0 Å². The van der Waals surface area contributed by atoms with Crippen LogP contribution in [0.25, 0.3) is 0 Å². The average Bonchev–Trinajstić information content (AvgIpc) is 2.35. The SMILES string of the molecule is CCC(NC(=O)Nc1ccc(C(=O)O)c(Cl)c1)C(C)C. The van der Waals surface area contributed by atoms with E-state index in [0.29, 0.717) is 11.6 Å². The number of hydrogen-bond acceptors (Lipinski definition) is 2. The van der Waals surface area contributed by atoms with Crippen molar-refractivity contribution in [2.24, 2.45) is 5.92 Å². The second-order valence-electron chi connectivity index (χ2n) is 4.86. The number of benzene rings is 1. The first-order chi connectivity index (χ1) is 9.35. The predicted molar refractivity (Wildman–Crippen MR) is 79.5 cm³/mol. The van der Waals surface area contributed by atoms with Gasteiger partial charge < -0.3 is 15.7 Å². The molecule has 0 aliphatic rings. The van der Waals surface area contributed by atoms with Crippen molar-refractivity contribution in [3.63, 3.8) is 0 Å². The molecule has 1 atom stereocenters. The number of halogens is 1. The highest BCUT2D eigenvalue weighted by molar-refractivity contribution is 6.33. The van der Waals surface area contributed by atoms with Crippen LogP contribution in [-0.2, 0) is 0 Å². The minimum atomic E-state index is -1.10. The van der Waals surface area contributed by atoms with Crippen molar-refractivity contribution < 1.29 is 14.7 Å². The molecule has 1 rings (SSSR count). The maximum atomic E-state index is 11.8. The van der Waals surface area contributed by atoms with Gasteiger partial charge in [-0.1, -0.05) is 32.4 Å². The Balaban J connectivity index is 2.71. The first kappa shape index (κ1) is 16.3. The van der Waals surface area contributed by atoms with Gasteiger partial charge in [-0.05, 0) is 30.5 Å². The van der Waals surface area contributed by atoms with E-state index >= 15 is 0 Å². The quantitative estimate of drug-likeness (QED) is 0.777. The monoisotopic (exact) mass is 298 g/mol. The molecule has 2 amide bonds. The summed E-state index contributed by atoms with van der Waals surface area (Å²) in [4.78, 5) is 22.7. The Morgan fingerprint density at radius 1 is 1.35 bits per heavy atom. The van der Waals surface area contributed by atoms with Gasteiger partial charge in [0, 0.05) is 11.7 Å². The van der Waals surface area contributed by atoms with Crippen molar-refractivity contribution in [2.45, 2.75) is 33.2 Å². The van der Waals surface area contributed by atoms with Crippen molar-refractivity contribution in [3.05, 3.63) is 28.8 Å². The van der Waals surface area contributed by atoms with Crippen molar-refractivity contribution in [3.8, 4) is 0 Å². The first-order valence-electron chi connectivity index (χ1n) is 6.45. The molecule has 1 aromatic rings.